The summed E-state index contributed by atoms with van der Waals surface area (Å²) >= 11 is 0. The third-order valence-corrected chi connectivity index (χ3v) is 9.30. The number of aromatic nitrogens is 1. The molecule has 3 nitrogen and oxygen atoms in total. The number of para-hydroxylation sites is 3. The molecular weight excluding hydrogens is 571 g/mol. The Bertz CT molecular complexity index is 2560. The Hall–Kier alpha value is -6.19. The first-order valence-corrected chi connectivity index (χ1v) is 16.0. The van der Waals surface area contributed by atoms with Crippen molar-refractivity contribution < 1.29 is 0 Å². The molecule has 1 aliphatic heterocycles. The van der Waals surface area contributed by atoms with Gasteiger partial charge in [0, 0.05) is 32.8 Å². The smallest absolute Gasteiger partial charge is 0.141 e. The Morgan fingerprint density at radius 1 is 0.532 bits per heavy atom. The van der Waals surface area contributed by atoms with E-state index in [1.807, 2.05) is 12.2 Å². The van der Waals surface area contributed by atoms with E-state index in [-0.39, 0.29) is 0 Å². The lowest BCUT2D eigenvalue weighted by Crippen LogP contribution is -2.27. The number of aliphatic imine (C=N–C) groups is 1. The minimum absolute atomic E-state index is 0.715. The van der Waals surface area contributed by atoms with Crippen LogP contribution in [0.25, 0.3) is 60.3 Å². The zero-order valence-electron chi connectivity index (χ0n) is 25.8. The van der Waals surface area contributed by atoms with Gasteiger partial charge in [-0.1, -0.05) is 122 Å². The van der Waals surface area contributed by atoms with Crippen LogP contribution in [0.1, 0.15) is 5.56 Å². The SMILES string of the molecule is C=C/C=C\C=C1/CN(c2ccccc2)C(c2cccc(-c3cccc(-c4ccc5c(c4)c4cccc6c7ccccc7n5c64)c3)c2)=N1. The predicted molar refractivity (Wildman–Crippen MR) is 200 cm³/mol. The summed E-state index contributed by atoms with van der Waals surface area (Å²) < 4.78 is 2.43. The van der Waals surface area contributed by atoms with Crippen LogP contribution >= 0.6 is 0 Å². The molecule has 6 aromatic carbocycles. The maximum Gasteiger partial charge on any atom is 0.141 e. The maximum absolute atomic E-state index is 5.08. The maximum atomic E-state index is 5.08. The van der Waals surface area contributed by atoms with E-state index in [2.05, 4.69) is 161 Å². The molecule has 47 heavy (non-hydrogen) atoms. The fourth-order valence-corrected chi connectivity index (χ4v) is 7.17. The third-order valence-electron chi connectivity index (χ3n) is 9.30. The fourth-order valence-electron chi connectivity index (χ4n) is 7.17. The van der Waals surface area contributed by atoms with E-state index in [0.717, 1.165) is 28.3 Å². The number of hydrogen-bond acceptors (Lipinski definition) is 2. The van der Waals surface area contributed by atoms with Gasteiger partial charge in [0.2, 0.25) is 0 Å². The van der Waals surface area contributed by atoms with Crippen molar-refractivity contribution in [3.63, 3.8) is 0 Å². The van der Waals surface area contributed by atoms with Gasteiger partial charge in [-0.2, -0.15) is 0 Å². The van der Waals surface area contributed by atoms with E-state index >= 15 is 0 Å². The number of allylic oxidation sites excluding steroid dienone is 4. The number of benzene rings is 6. The van der Waals surface area contributed by atoms with Gasteiger partial charge in [-0.05, 0) is 70.8 Å². The van der Waals surface area contributed by atoms with Gasteiger partial charge in [0.15, 0.2) is 0 Å². The van der Waals surface area contributed by atoms with Crippen LogP contribution in [0.2, 0.25) is 0 Å². The molecule has 0 N–H and O–H groups in total. The molecule has 1 aliphatic rings. The summed E-state index contributed by atoms with van der Waals surface area (Å²) in [6.07, 6.45) is 7.78. The van der Waals surface area contributed by atoms with E-state index in [9.17, 15) is 0 Å². The van der Waals surface area contributed by atoms with Gasteiger partial charge in [-0.25, -0.2) is 4.99 Å². The molecule has 0 aliphatic carbocycles. The number of hydrogen-bond donors (Lipinski definition) is 0. The molecule has 0 radical (unpaired) electrons. The Kier molecular flexibility index (Phi) is 6.36. The second-order valence-corrected chi connectivity index (χ2v) is 12.1. The quantitative estimate of drug-likeness (QED) is 0.174. The molecule has 2 aromatic heterocycles. The molecule has 0 atom stereocenters. The van der Waals surface area contributed by atoms with E-state index in [1.54, 1.807) is 6.08 Å². The molecule has 222 valence electrons. The molecule has 0 unspecified atom stereocenters. The lowest BCUT2D eigenvalue weighted by molar-refractivity contribution is 1.13. The van der Waals surface area contributed by atoms with Crippen LogP contribution in [0.3, 0.4) is 0 Å². The van der Waals surface area contributed by atoms with Crippen molar-refractivity contribution in [3.05, 3.63) is 182 Å². The summed E-state index contributed by atoms with van der Waals surface area (Å²) in [5, 5.41) is 5.20. The monoisotopic (exact) mass is 601 g/mol. The molecule has 0 bridgehead atoms. The van der Waals surface area contributed by atoms with Gasteiger partial charge in [0.05, 0.1) is 28.8 Å². The van der Waals surface area contributed by atoms with Crippen molar-refractivity contribution in [1.29, 1.82) is 0 Å². The molecule has 0 amide bonds. The van der Waals surface area contributed by atoms with Crippen LogP contribution in [0, 0.1) is 0 Å². The second kappa shape index (κ2) is 11.0. The van der Waals surface area contributed by atoms with Crippen molar-refractivity contribution >= 4 is 49.6 Å². The Labute approximate surface area is 273 Å². The summed E-state index contributed by atoms with van der Waals surface area (Å²) in [6, 6.07) is 50.4. The van der Waals surface area contributed by atoms with Gasteiger partial charge in [0.1, 0.15) is 5.84 Å². The topological polar surface area (TPSA) is 20.0 Å². The van der Waals surface area contributed by atoms with Gasteiger partial charge in [-0.3, -0.25) is 0 Å². The van der Waals surface area contributed by atoms with Crippen LogP contribution in [-0.2, 0) is 0 Å². The summed E-state index contributed by atoms with van der Waals surface area (Å²) in [6.45, 7) is 4.50. The first-order chi connectivity index (χ1) is 23.3. The molecule has 0 saturated carbocycles. The highest BCUT2D eigenvalue weighted by atomic mass is 15.2. The van der Waals surface area contributed by atoms with Crippen LogP contribution in [0.15, 0.2) is 181 Å². The normalized spacial score (nSPS) is 14.4. The zero-order valence-corrected chi connectivity index (χ0v) is 25.8. The second-order valence-electron chi connectivity index (χ2n) is 12.1. The summed E-state index contributed by atoms with van der Waals surface area (Å²) in [7, 11) is 0. The minimum Gasteiger partial charge on any atom is -0.320 e. The molecule has 3 heterocycles. The number of fused-ring (bicyclic) bond motifs is 6. The molecule has 8 aromatic rings. The molecule has 3 heteroatoms. The van der Waals surface area contributed by atoms with Crippen LogP contribution in [0.5, 0.6) is 0 Å². The largest absolute Gasteiger partial charge is 0.320 e. The summed E-state index contributed by atoms with van der Waals surface area (Å²) in [5.41, 5.74) is 11.8. The van der Waals surface area contributed by atoms with Crippen molar-refractivity contribution in [2.24, 2.45) is 4.99 Å². The standard InChI is InChI=1S/C44H31N3/c1-2-3-5-17-35-29-46(36-18-6-4-7-19-36)44(45-35)34-16-11-15-32(27-34)30-13-10-14-31(26-30)33-24-25-42-40(28-33)39-22-12-21-38-37-20-8-9-23-41(37)47(42)43(38)39/h2-28H,1,29H2/b5-3-,35-17+. The van der Waals surface area contributed by atoms with E-state index < -0.39 is 0 Å². The number of amidine groups is 1. The highest BCUT2D eigenvalue weighted by molar-refractivity contribution is 6.23. The van der Waals surface area contributed by atoms with Gasteiger partial charge in [-0.15, -0.1) is 0 Å². The van der Waals surface area contributed by atoms with Crippen molar-refractivity contribution in [3.8, 4) is 22.3 Å². The van der Waals surface area contributed by atoms with Gasteiger partial charge < -0.3 is 9.30 Å². The summed E-state index contributed by atoms with van der Waals surface area (Å²) in [5.74, 6) is 0.955. The average molecular weight is 602 g/mol. The molecule has 9 rings (SSSR count). The average Bonchev–Trinajstić information content (AvgIpc) is 3.82. The van der Waals surface area contributed by atoms with Crippen molar-refractivity contribution in [2.45, 2.75) is 0 Å². The first kappa shape index (κ1) is 27.1. The molecular formula is C44H31N3. The lowest BCUT2D eigenvalue weighted by atomic mass is 9.96. The van der Waals surface area contributed by atoms with Gasteiger partial charge in [0.25, 0.3) is 0 Å². The third kappa shape index (κ3) is 4.47. The predicted octanol–water partition coefficient (Wildman–Crippen LogP) is 11.1. The Morgan fingerprint density at radius 3 is 1.94 bits per heavy atom. The molecule has 0 saturated heterocycles. The Balaban J connectivity index is 1.11. The molecule has 0 spiro atoms. The lowest BCUT2D eigenvalue weighted by Gasteiger charge is -2.20. The van der Waals surface area contributed by atoms with E-state index in [1.165, 1.54) is 54.8 Å². The number of rotatable bonds is 6. The molecule has 0 fully saturated rings. The van der Waals surface area contributed by atoms with Crippen LogP contribution in [-0.4, -0.2) is 16.8 Å². The first-order valence-electron chi connectivity index (χ1n) is 16.0. The Morgan fingerprint density at radius 2 is 1.15 bits per heavy atom. The van der Waals surface area contributed by atoms with E-state index in [4.69, 9.17) is 4.99 Å². The zero-order chi connectivity index (χ0) is 31.3. The minimum atomic E-state index is 0.715. The van der Waals surface area contributed by atoms with Crippen molar-refractivity contribution in [1.82, 2.24) is 4.40 Å². The number of nitrogens with zero attached hydrogens (tertiary/aromatic N) is 3. The summed E-state index contributed by atoms with van der Waals surface area (Å²) in [4.78, 5) is 7.37. The fraction of sp³-hybridized carbons (Fsp3) is 0.0227. The van der Waals surface area contributed by atoms with Crippen LogP contribution in [0.4, 0.5) is 5.69 Å². The highest BCUT2D eigenvalue weighted by Gasteiger charge is 2.24. The van der Waals surface area contributed by atoms with Gasteiger partial charge >= 0.3 is 0 Å². The van der Waals surface area contributed by atoms with Crippen LogP contribution < -0.4 is 4.90 Å². The van der Waals surface area contributed by atoms with E-state index in [0.29, 0.717) is 6.54 Å². The highest BCUT2D eigenvalue weighted by Crippen LogP contribution is 2.40. The number of anilines is 1. The van der Waals surface area contributed by atoms with Crippen molar-refractivity contribution in [2.75, 3.05) is 11.4 Å².